The molecule has 0 saturated carbocycles. The number of carbonyl (C=O) groups is 3. The molecule has 1 aromatic heterocycles. The van der Waals surface area contributed by atoms with E-state index >= 15 is 0 Å². The third kappa shape index (κ3) is 6.73. The molecule has 0 N–H and O–H groups in total. The molecule has 4 amide bonds. The first kappa shape index (κ1) is 33.7. The quantitative estimate of drug-likeness (QED) is 0.431. The predicted octanol–water partition coefficient (Wildman–Crippen LogP) is 4.99. The molecule has 0 bridgehead atoms. The number of pyridine rings is 1. The molecule has 4 saturated heterocycles. The summed E-state index contributed by atoms with van der Waals surface area (Å²) in [6, 6.07) is 14.5. The first-order valence-electron chi connectivity index (χ1n) is 17.5. The number of aromatic nitrogens is 1. The molecule has 0 aliphatic carbocycles. The summed E-state index contributed by atoms with van der Waals surface area (Å²) >= 11 is 0. The summed E-state index contributed by atoms with van der Waals surface area (Å²) < 4.78 is 4.90. The number of amides is 4. The number of benzene rings is 1. The molecule has 0 unspecified atom stereocenters. The number of methoxy groups -OCH3 is 1. The lowest BCUT2D eigenvalue weighted by Gasteiger charge is -2.50. The van der Waals surface area contributed by atoms with E-state index < -0.39 is 0 Å². The summed E-state index contributed by atoms with van der Waals surface area (Å²) in [5.74, 6) is 0.368. The van der Waals surface area contributed by atoms with Crippen LogP contribution in [-0.2, 0) is 4.74 Å². The van der Waals surface area contributed by atoms with Gasteiger partial charge in [0.15, 0.2) is 0 Å². The number of hydrogen-bond donors (Lipinski definition) is 0. The second kappa shape index (κ2) is 14.1. The Kier molecular flexibility index (Phi) is 9.93. The lowest BCUT2D eigenvalue weighted by atomic mass is 9.85. The molecule has 2 aromatic rings. The third-order valence-corrected chi connectivity index (χ3v) is 11.4. The number of likely N-dealkylation sites (tertiary alicyclic amines) is 3. The fraction of sp³-hybridized carbons (Fsp3) is 0.595. The van der Waals surface area contributed by atoms with Crippen LogP contribution in [0.25, 0.3) is 0 Å². The Morgan fingerprint density at radius 3 is 2.25 bits per heavy atom. The zero-order valence-corrected chi connectivity index (χ0v) is 28.9. The van der Waals surface area contributed by atoms with Crippen LogP contribution in [-0.4, -0.2) is 119 Å². The number of urea groups is 1. The number of rotatable bonds is 6. The molecule has 4 aliphatic heterocycles. The molecule has 4 aliphatic rings. The van der Waals surface area contributed by atoms with Gasteiger partial charge in [0.2, 0.25) is 0 Å². The van der Waals surface area contributed by atoms with E-state index in [1.54, 1.807) is 11.0 Å². The van der Waals surface area contributed by atoms with Gasteiger partial charge in [-0.3, -0.25) is 9.69 Å². The van der Waals surface area contributed by atoms with E-state index in [0.717, 1.165) is 63.7 Å². The second-order valence-electron chi connectivity index (χ2n) is 14.3. The van der Waals surface area contributed by atoms with Crippen LogP contribution in [0.1, 0.15) is 84.4 Å². The van der Waals surface area contributed by atoms with Gasteiger partial charge in [0.1, 0.15) is 11.8 Å². The average molecular weight is 656 g/mol. The standard InChI is InChI=1S/C37H49N7O4/c1-26-22-30(23-38)39-27(2)33(26)34(45)40-20-14-37(3,15-21-40)43-18-12-31(13-19-43)44-32(29-8-6-5-7-9-29)25-42(35(44)46)24-28-10-16-41(17-11-28)36(47)48-4/h5-9,22,28,31-32H,10-21,24-25H2,1-4H3/t32-/m0/s1. The van der Waals surface area contributed by atoms with E-state index in [1.807, 2.05) is 24.8 Å². The highest BCUT2D eigenvalue weighted by Crippen LogP contribution is 2.38. The van der Waals surface area contributed by atoms with E-state index in [9.17, 15) is 19.6 Å². The van der Waals surface area contributed by atoms with Crippen LogP contribution in [0.5, 0.6) is 0 Å². The highest BCUT2D eigenvalue weighted by molar-refractivity contribution is 5.96. The summed E-state index contributed by atoms with van der Waals surface area (Å²) in [4.78, 5) is 54.5. The molecular weight excluding hydrogens is 606 g/mol. The smallest absolute Gasteiger partial charge is 0.409 e. The van der Waals surface area contributed by atoms with Gasteiger partial charge in [0.05, 0.1) is 24.4 Å². The number of hydrogen-bond acceptors (Lipinski definition) is 7. The number of aryl methyl sites for hydroxylation is 2. The molecule has 48 heavy (non-hydrogen) atoms. The van der Waals surface area contributed by atoms with Gasteiger partial charge in [-0.05, 0) is 82.4 Å². The van der Waals surface area contributed by atoms with Crippen molar-refractivity contribution in [2.45, 2.75) is 76.9 Å². The second-order valence-corrected chi connectivity index (χ2v) is 14.3. The first-order chi connectivity index (χ1) is 23.1. The Hall–Kier alpha value is -4.17. The van der Waals surface area contributed by atoms with Crippen LogP contribution in [0, 0.1) is 31.1 Å². The number of piperidine rings is 3. The Balaban J connectivity index is 1.07. The Morgan fingerprint density at radius 2 is 1.65 bits per heavy atom. The summed E-state index contributed by atoms with van der Waals surface area (Å²) in [6.07, 6.45) is 5.11. The van der Waals surface area contributed by atoms with Crippen LogP contribution in [0.15, 0.2) is 36.4 Å². The Bertz CT molecular complexity index is 1510. The van der Waals surface area contributed by atoms with Gasteiger partial charge in [-0.25, -0.2) is 14.6 Å². The molecule has 4 fully saturated rings. The van der Waals surface area contributed by atoms with E-state index in [2.05, 4.69) is 56.9 Å². The van der Waals surface area contributed by atoms with Crippen LogP contribution in [0.4, 0.5) is 9.59 Å². The predicted molar refractivity (Wildman–Crippen MR) is 181 cm³/mol. The average Bonchev–Trinajstić information content (AvgIpc) is 3.43. The lowest BCUT2D eigenvalue weighted by molar-refractivity contribution is 0.00488. The van der Waals surface area contributed by atoms with Crippen molar-refractivity contribution in [3.63, 3.8) is 0 Å². The molecule has 11 heteroatoms. The van der Waals surface area contributed by atoms with E-state index in [4.69, 9.17) is 4.74 Å². The van der Waals surface area contributed by atoms with Crippen molar-refractivity contribution in [3.05, 3.63) is 64.5 Å². The maximum Gasteiger partial charge on any atom is 0.409 e. The highest BCUT2D eigenvalue weighted by atomic mass is 16.5. The minimum absolute atomic E-state index is 0.000759. The van der Waals surface area contributed by atoms with Gasteiger partial charge < -0.3 is 24.3 Å². The van der Waals surface area contributed by atoms with Crippen LogP contribution in [0.2, 0.25) is 0 Å². The molecule has 6 rings (SSSR count). The summed E-state index contributed by atoms with van der Waals surface area (Å²) in [6.45, 7) is 12.0. The molecule has 11 nitrogen and oxygen atoms in total. The summed E-state index contributed by atoms with van der Waals surface area (Å²) in [7, 11) is 1.42. The fourth-order valence-corrected chi connectivity index (χ4v) is 8.48. The van der Waals surface area contributed by atoms with E-state index in [1.165, 1.54) is 12.7 Å². The van der Waals surface area contributed by atoms with Gasteiger partial charge in [-0.1, -0.05) is 30.3 Å². The lowest BCUT2D eigenvalue weighted by Crippen LogP contribution is -2.58. The molecule has 0 radical (unpaired) electrons. The normalized spacial score (nSPS) is 22.6. The van der Waals surface area contributed by atoms with Crippen molar-refractivity contribution < 1.29 is 19.1 Å². The number of carbonyl (C=O) groups excluding carboxylic acids is 3. The van der Waals surface area contributed by atoms with Gasteiger partial charge in [0, 0.05) is 63.9 Å². The maximum absolute atomic E-state index is 14.1. The molecule has 256 valence electrons. The van der Waals surface area contributed by atoms with Gasteiger partial charge in [0.25, 0.3) is 5.91 Å². The molecular formula is C37H49N7O4. The molecule has 5 heterocycles. The number of nitriles is 1. The van der Waals surface area contributed by atoms with Crippen LogP contribution < -0.4 is 0 Å². The minimum Gasteiger partial charge on any atom is -0.453 e. The highest BCUT2D eigenvalue weighted by Gasteiger charge is 2.46. The third-order valence-electron chi connectivity index (χ3n) is 11.4. The van der Waals surface area contributed by atoms with Gasteiger partial charge >= 0.3 is 12.1 Å². The van der Waals surface area contributed by atoms with Crippen molar-refractivity contribution in [1.29, 1.82) is 5.26 Å². The van der Waals surface area contributed by atoms with Gasteiger partial charge in [-0.2, -0.15) is 5.26 Å². The zero-order chi connectivity index (χ0) is 34.0. The van der Waals surface area contributed by atoms with Crippen molar-refractivity contribution in [1.82, 2.24) is 29.5 Å². The van der Waals surface area contributed by atoms with Crippen molar-refractivity contribution in [2.24, 2.45) is 5.92 Å². The monoisotopic (exact) mass is 655 g/mol. The largest absolute Gasteiger partial charge is 0.453 e. The van der Waals surface area contributed by atoms with Crippen molar-refractivity contribution in [3.8, 4) is 6.07 Å². The van der Waals surface area contributed by atoms with Gasteiger partial charge in [-0.15, -0.1) is 0 Å². The fourth-order valence-electron chi connectivity index (χ4n) is 8.48. The molecule has 1 aromatic carbocycles. The first-order valence-corrected chi connectivity index (χ1v) is 17.5. The Labute approximate surface area is 284 Å². The molecule has 0 spiro atoms. The number of nitrogens with zero attached hydrogens (tertiary/aromatic N) is 7. The SMILES string of the molecule is COC(=O)N1CCC(CN2C[C@@H](c3ccccc3)N(C3CCN(C4(C)CCN(C(=O)c5c(C)cc(C#N)nc5C)CC4)CC3)C2=O)CC1. The van der Waals surface area contributed by atoms with Crippen molar-refractivity contribution in [2.75, 3.05) is 59.5 Å². The van der Waals surface area contributed by atoms with E-state index in [-0.39, 0.29) is 35.7 Å². The summed E-state index contributed by atoms with van der Waals surface area (Å²) in [5.41, 5.74) is 3.54. The molecule has 1 atom stereocenters. The maximum atomic E-state index is 14.1. The summed E-state index contributed by atoms with van der Waals surface area (Å²) in [5, 5.41) is 9.26. The van der Waals surface area contributed by atoms with Crippen molar-refractivity contribution >= 4 is 18.0 Å². The zero-order valence-electron chi connectivity index (χ0n) is 28.9. The minimum atomic E-state index is -0.272. The van der Waals surface area contributed by atoms with E-state index in [0.29, 0.717) is 55.6 Å². The number of ether oxygens (including phenoxy) is 1. The topological polar surface area (TPSA) is 113 Å². The Morgan fingerprint density at radius 1 is 0.979 bits per heavy atom. The van der Waals surface area contributed by atoms with Crippen LogP contribution in [0.3, 0.4) is 0 Å². The van der Waals surface area contributed by atoms with Crippen LogP contribution >= 0.6 is 0 Å².